The van der Waals surface area contributed by atoms with E-state index in [0.29, 0.717) is 16.4 Å². The molecule has 4 rings (SSSR count). The third-order valence-electron chi connectivity index (χ3n) is 6.67. The molecule has 2 N–H and O–H groups in total. The quantitative estimate of drug-likeness (QED) is 0.278. The molecule has 39 heavy (non-hydrogen) atoms. The molecule has 1 aliphatic heterocycles. The number of carbonyl (C=O) groups is 3. The number of nitrogens with zero attached hydrogens (tertiary/aromatic N) is 1. The highest BCUT2D eigenvalue weighted by Crippen LogP contribution is 2.34. The van der Waals surface area contributed by atoms with E-state index < -0.39 is 11.8 Å². The highest BCUT2D eigenvalue weighted by atomic mass is 35.5. The van der Waals surface area contributed by atoms with Gasteiger partial charge >= 0.3 is 0 Å². The maximum Gasteiger partial charge on any atom is 0.283 e. The van der Waals surface area contributed by atoms with E-state index in [-0.39, 0.29) is 34.9 Å². The van der Waals surface area contributed by atoms with E-state index in [0.717, 1.165) is 32.8 Å². The minimum Gasteiger partial charge on any atom is -0.350 e. The van der Waals surface area contributed by atoms with Gasteiger partial charge in [0.1, 0.15) is 10.7 Å². The number of hydrogen-bond donors (Lipinski definition) is 2. The van der Waals surface area contributed by atoms with E-state index in [4.69, 9.17) is 23.2 Å². The third-order valence-corrected chi connectivity index (χ3v) is 7.42. The lowest BCUT2D eigenvalue weighted by Crippen LogP contribution is -2.32. The molecule has 1 heterocycles. The Labute approximate surface area is 239 Å². The van der Waals surface area contributed by atoms with Crippen molar-refractivity contribution in [2.45, 2.75) is 52.9 Å². The van der Waals surface area contributed by atoms with E-state index in [1.807, 2.05) is 13.0 Å². The van der Waals surface area contributed by atoms with Gasteiger partial charge in [0, 0.05) is 16.4 Å². The SMILES string of the molecule is Cc1ccc(N2C(=O)C(Cl)=C(Nc3ccc(CC(=O)Nc4c(C(C)C)cccc4C(C)C)cc3)C2=O)cc1Cl. The van der Waals surface area contributed by atoms with E-state index in [1.54, 1.807) is 42.5 Å². The van der Waals surface area contributed by atoms with Crippen molar-refractivity contribution < 1.29 is 14.4 Å². The standard InChI is InChI=1S/C31H31Cl2N3O3/c1-17(2)23-7-6-8-24(18(3)4)28(23)35-26(37)15-20-10-12-21(13-11-20)34-29-27(33)30(38)36(31(29)39)22-14-9-19(5)25(32)16-22/h6-14,16-18,34H,15H2,1-5H3,(H,35,37). The van der Waals surface area contributed by atoms with Gasteiger partial charge in [-0.2, -0.15) is 0 Å². The Morgan fingerprint density at radius 3 is 2.05 bits per heavy atom. The lowest BCUT2D eigenvalue weighted by molar-refractivity contribution is -0.120. The average molecular weight is 565 g/mol. The van der Waals surface area contributed by atoms with E-state index >= 15 is 0 Å². The predicted molar refractivity (Wildman–Crippen MR) is 159 cm³/mol. The summed E-state index contributed by atoms with van der Waals surface area (Å²) in [6.07, 6.45) is 0.188. The summed E-state index contributed by atoms with van der Waals surface area (Å²) in [4.78, 5) is 39.8. The molecule has 6 nitrogen and oxygen atoms in total. The Morgan fingerprint density at radius 1 is 0.872 bits per heavy atom. The summed E-state index contributed by atoms with van der Waals surface area (Å²) in [7, 11) is 0. The molecule has 0 spiro atoms. The predicted octanol–water partition coefficient (Wildman–Crippen LogP) is 7.51. The molecule has 0 bridgehead atoms. The Balaban J connectivity index is 1.46. The summed E-state index contributed by atoms with van der Waals surface area (Å²) in [5.74, 6) is -0.762. The molecule has 3 amide bonds. The number of anilines is 3. The summed E-state index contributed by atoms with van der Waals surface area (Å²) in [5, 5.41) is 6.33. The van der Waals surface area contributed by atoms with Crippen molar-refractivity contribution in [1.29, 1.82) is 0 Å². The highest BCUT2D eigenvalue weighted by molar-refractivity contribution is 6.53. The van der Waals surface area contributed by atoms with Crippen LogP contribution >= 0.6 is 23.2 Å². The molecule has 0 saturated heterocycles. The summed E-state index contributed by atoms with van der Waals surface area (Å²) in [6.45, 7) is 10.3. The molecule has 3 aromatic carbocycles. The lowest BCUT2D eigenvalue weighted by Gasteiger charge is -2.20. The monoisotopic (exact) mass is 563 g/mol. The molecule has 0 aromatic heterocycles. The van der Waals surface area contributed by atoms with Gasteiger partial charge in [0.25, 0.3) is 11.8 Å². The number of rotatable bonds is 8. The maximum absolute atomic E-state index is 13.1. The first-order valence-corrected chi connectivity index (χ1v) is 13.6. The number of benzene rings is 3. The summed E-state index contributed by atoms with van der Waals surface area (Å²) in [6, 6.07) is 18.2. The van der Waals surface area contributed by atoms with Crippen LogP contribution in [0.5, 0.6) is 0 Å². The van der Waals surface area contributed by atoms with Gasteiger partial charge in [-0.15, -0.1) is 0 Å². The molecule has 0 aliphatic carbocycles. The number of aryl methyl sites for hydroxylation is 1. The van der Waals surface area contributed by atoms with Crippen LogP contribution in [0.4, 0.5) is 17.1 Å². The van der Waals surface area contributed by atoms with Gasteiger partial charge in [-0.25, -0.2) is 4.90 Å². The van der Waals surface area contributed by atoms with Gasteiger partial charge in [-0.1, -0.05) is 87.3 Å². The zero-order valence-corrected chi connectivity index (χ0v) is 24.1. The molecule has 0 unspecified atom stereocenters. The van der Waals surface area contributed by atoms with Crippen molar-refractivity contribution in [3.05, 3.63) is 98.7 Å². The fourth-order valence-electron chi connectivity index (χ4n) is 4.48. The topological polar surface area (TPSA) is 78.5 Å². The number of hydrogen-bond acceptors (Lipinski definition) is 4. The first-order chi connectivity index (χ1) is 18.5. The molecule has 0 fully saturated rings. The van der Waals surface area contributed by atoms with Crippen LogP contribution in [0.15, 0.2) is 71.4 Å². The van der Waals surface area contributed by atoms with Crippen LogP contribution in [0.1, 0.15) is 61.8 Å². The van der Waals surface area contributed by atoms with E-state index in [1.165, 1.54) is 0 Å². The van der Waals surface area contributed by atoms with Gasteiger partial charge in [-0.05, 0) is 65.3 Å². The highest BCUT2D eigenvalue weighted by Gasteiger charge is 2.39. The first kappa shape index (κ1) is 28.4. The minimum atomic E-state index is -0.625. The van der Waals surface area contributed by atoms with Crippen molar-refractivity contribution in [1.82, 2.24) is 0 Å². The van der Waals surface area contributed by atoms with Crippen LogP contribution in [0, 0.1) is 6.92 Å². The van der Waals surface area contributed by atoms with Crippen molar-refractivity contribution in [3.8, 4) is 0 Å². The number of imide groups is 1. The van der Waals surface area contributed by atoms with Crippen LogP contribution in [0.3, 0.4) is 0 Å². The second-order valence-corrected chi connectivity index (χ2v) is 11.0. The van der Waals surface area contributed by atoms with Gasteiger partial charge in [0.15, 0.2) is 0 Å². The van der Waals surface area contributed by atoms with Gasteiger partial charge in [0.2, 0.25) is 5.91 Å². The van der Waals surface area contributed by atoms with Crippen molar-refractivity contribution in [3.63, 3.8) is 0 Å². The summed E-state index contributed by atoms with van der Waals surface area (Å²) < 4.78 is 0. The lowest BCUT2D eigenvalue weighted by atomic mass is 9.92. The minimum absolute atomic E-state index is 0.0182. The molecule has 8 heteroatoms. The fourth-order valence-corrected chi connectivity index (χ4v) is 4.87. The fraction of sp³-hybridized carbons (Fsp3) is 0.258. The van der Waals surface area contributed by atoms with E-state index in [9.17, 15) is 14.4 Å². The van der Waals surface area contributed by atoms with Crippen LogP contribution in [-0.2, 0) is 20.8 Å². The molecular weight excluding hydrogens is 533 g/mol. The smallest absolute Gasteiger partial charge is 0.283 e. The number of carbonyl (C=O) groups excluding carboxylic acids is 3. The maximum atomic E-state index is 13.1. The van der Waals surface area contributed by atoms with Gasteiger partial charge < -0.3 is 10.6 Å². The second kappa shape index (κ2) is 11.6. The second-order valence-electron chi connectivity index (χ2n) is 10.2. The van der Waals surface area contributed by atoms with E-state index in [2.05, 4.69) is 50.5 Å². The number of halogens is 2. The van der Waals surface area contributed by atoms with Crippen LogP contribution in [-0.4, -0.2) is 17.7 Å². The van der Waals surface area contributed by atoms with Crippen molar-refractivity contribution in [2.24, 2.45) is 0 Å². The number of para-hydroxylation sites is 1. The molecule has 0 radical (unpaired) electrons. The summed E-state index contributed by atoms with van der Waals surface area (Å²) in [5.41, 5.74) is 5.62. The van der Waals surface area contributed by atoms with Crippen LogP contribution < -0.4 is 15.5 Å². The Kier molecular flexibility index (Phi) is 8.48. The molecular formula is C31H31Cl2N3O3. The first-order valence-electron chi connectivity index (χ1n) is 12.8. The summed E-state index contributed by atoms with van der Waals surface area (Å²) >= 11 is 12.4. The average Bonchev–Trinajstić information content (AvgIpc) is 3.09. The van der Waals surface area contributed by atoms with Crippen molar-refractivity contribution >= 4 is 58.0 Å². The molecule has 3 aromatic rings. The molecule has 1 aliphatic rings. The molecule has 202 valence electrons. The van der Waals surface area contributed by atoms with Crippen molar-refractivity contribution in [2.75, 3.05) is 15.5 Å². The zero-order chi connectivity index (χ0) is 28.4. The van der Waals surface area contributed by atoms with Crippen LogP contribution in [0.2, 0.25) is 5.02 Å². The Hall–Kier alpha value is -3.61. The number of amides is 3. The third kappa shape index (κ3) is 6.02. The Bertz CT molecular complexity index is 1450. The Morgan fingerprint density at radius 2 is 1.49 bits per heavy atom. The van der Waals surface area contributed by atoms with Crippen LogP contribution in [0.25, 0.3) is 0 Å². The number of nitrogens with one attached hydrogen (secondary N) is 2. The van der Waals surface area contributed by atoms with Gasteiger partial charge in [0.05, 0.1) is 12.1 Å². The molecule has 0 saturated carbocycles. The normalized spacial score (nSPS) is 13.6. The largest absolute Gasteiger partial charge is 0.350 e. The van der Waals surface area contributed by atoms with Gasteiger partial charge in [-0.3, -0.25) is 14.4 Å². The zero-order valence-electron chi connectivity index (χ0n) is 22.6. The molecule has 0 atom stereocenters.